The number of ether oxygens (including phenoxy) is 1. The zero-order chi connectivity index (χ0) is 13.4. The molecule has 1 aromatic rings. The van der Waals surface area contributed by atoms with Crippen LogP contribution >= 0.6 is 0 Å². The third-order valence-electron chi connectivity index (χ3n) is 5.09. The van der Waals surface area contributed by atoms with Gasteiger partial charge in [0.15, 0.2) is 0 Å². The molecule has 0 amide bonds. The van der Waals surface area contributed by atoms with E-state index in [1.807, 2.05) is 0 Å². The molecule has 104 valence electrons. The summed E-state index contributed by atoms with van der Waals surface area (Å²) in [5, 5.41) is 0. The summed E-state index contributed by atoms with van der Waals surface area (Å²) in [6.07, 6.45) is 6.27. The summed E-state index contributed by atoms with van der Waals surface area (Å²) in [6.45, 7) is 4.71. The SMILES string of the molecule is CC1CCC(Oc2ccc3c(c2)CC[C@@H]3N)CC1C. The number of nitrogens with two attached hydrogens (primary N) is 1. The lowest BCUT2D eigenvalue weighted by Gasteiger charge is -2.32. The van der Waals surface area contributed by atoms with E-state index in [-0.39, 0.29) is 6.04 Å². The largest absolute Gasteiger partial charge is 0.490 e. The molecule has 0 saturated heterocycles. The molecule has 2 aliphatic carbocycles. The predicted octanol–water partition coefficient (Wildman–Crippen LogP) is 3.84. The Morgan fingerprint density at radius 2 is 1.95 bits per heavy atom. The molecule has 0 aliphatic heterocycles. The van der Waals surface area contributed by atoms with Crippen molar-refractivity contribution < 1.29 is 4.74 Å². The van der Waals surface area contributed by atoms with Crippen LogP contribution in [-0.4, -0.2) is 6.10 Å². The van der Waals surface area contributed by atoms with Crippen molar-refractivity contribution in [2.75, 3.05) is 0 Å². The summed E-state index contributed by atoms with van der Waals surface area (Å²) in [4.78, 5) is 0. The third kappa shape index (κ3) is 2.64. The number of hydrogen-bond acceptors (Lipinski definition) is 2. The van der Waals surface area contributed by atoms with Crippen LogP contribution in [0.15, 0.2) is 18.2 Å². The first-order chi connectivity index (χ1) is 9.13. The zero-order valence-corrected chi connectivity index (χ0v) is 12.1. The first-order valence-electron chi connectivity index (χ1n) is 7.68. The van der Waals surface area contributed by atoms with E-state index in [1.165, 1.54) is 30.4 Å². The van der Waals surface area contributed by atoms with Crippen molar-refractivity contribution in [1.82, 2.24) is 0 Å². The predicted molar refractivity (Wildman–Crippen MR) is 78.3 cm³/mol. The van der Waals surface area contributed by atoms with Gasteiger partial charge in [0, 0.05) is 6.04 Å². The van der Waals surface area contributed by atoms with Crippen molar-refractivity contribution in [2.45, 2.75) is 58.1 Å². The highest BCUT2D eigenvalue weighted by Crippen LogP contribution is 2.35. The average molecular weight is 259 g/mol. The second kappa shape index (κ2) is 5.16. The van der Waals surface area contributed by atoms with Gasteiger partial charge in [0.2, 0.25) is 0 Å². The number of hydrogen-bond donors (Lipinski definition) is 1. The molecular weight excluding hydrogens is 234 g/mol. The van der Waals surface area contributed by atoms with E-state index in [1.54, 1.807) is 0 Å². The molecule has 0 bridgehead atoms. The number of rotatable bonds is 2. The Morgan fingerprint density at radius 1 is 1.11 bits per heavy atom. The summed E-state index contributed by atoms with van der Waals surface area (Å²) in [5.41, 5.74) is 8.78. The van der Waals surface area contributed by atoms with Crippen LogP contribution in [0.1, 0.15) is 56.7 Å². The summed E-state index contributed by atoms with van der Waals surface area (Å²) >= 11 is 0. The fraction of sp³-hybridized carbons (Fsp3) is 0.647. The maximum atomic E-state index is 6.19. The Kier molecular flexibility index (Phi) is 3.53. The first-order valence-corrected chi connectivity index (χ1v) is 7.68. The van der Waals surface area contributed by atoms with Crippen molar-refractivity contribution in [3.63, 3.8) is 0 Å². The molecule has 2 N–H and O–H groups in total. The molecule has 3 rings (SSSR count). The lowest BCUT2D eigenvalue weighted by Crippen LogP contribution is -2.28. The van der Waals surface area contributed by atoms with Crippen molar-refractivity contribution in [1.29, 1.82) is 0 Å². The van der Waals surface area contributed by atoms with Gasteiger partial charge in [-0.25, -0.2) is 0 Å². The highest BCUT2D eigenvalue weighted by atomic mass is 16.5. The normalized spacial score (nSPS) is 34.1. The van der Waals surface area contributed by atoms with Crippen LogP contribution in [-0.2, 0) is 6.42 Å². The lowest BCUT2D eigenvalue weighted by atomic mass is 9.80. The Bertz CT molecular complexity index is 457. The van der Waals surface area contributed by atoms with Crippen LogP contribution in [0.25, 0.3) is 0 Å². The number of aryl methyl sites for hydroxylation is 1. The summed E-state index contributed by atoms with van der Waals surface area (Å²) in [7, 11) is 0. The Labute approximate surface area is 116 Å². The van der Waals surface area contributed by atoms with E-state index in [2.05, 4.69) is 32.0 Å². The summed E-state index contributed by atoms with van der Waals surface area (Å²) in [6, 6.07) is 6.72. The number of benzene rings is 1. The van der Waals surface area contributed by atoms with Crippen LogP contribution in [0.5, 0.6) is 5.75 Å². The van der Waals surface area contributed by atoms with Crippen molar-refractivity contribution in [3.05, 3.63) is 29.3 Å². The van der Waals surface area contributed by atoms with E-state index in [0.717, 1.165) is 30.4 Å². The molecule has 1 aromatic carbocycles. The van der Waals surface area contributed by atoms with Crippen molar-refractivity contribution in [3.8, 4) is 5.75 Å². The topological polar surface area (TPSA) is 35.2 Å². The van der Waals surface area contributed by atoms with Gasteiger partial charge in [-0.15, -0.1) is 0 Å². The van der Waals surface area contributed by atoms with Gasteiger partial charge in [0.25, 0.3) is 0 Å². The lowest BCUT2D eigenvalue weighted by molar-refractivity contribution is 0.101. The van der Waals surface area contributed by atoms with Gasteiger partial charge in [-0.2, -0.15) is 0 Å². The van der Waals surface area contributed by atoms with Crippen LogP contribution in [0.2, 0.25) is 0 Å². The molecule has 1 fully saturated rings. The van der Waals surface area contributed by atoms with E-state index in [9.17, 15) is 0 Å². The number of fused-ring (bicyclic) bond motifs is 1. The van der Waals surface area contributed by atoms with Crippen LogP contribution in [0, 0.1) is 11.8 Å². The van der Waals surface area contributed by atoms with Gasteiger partial charge >= 0.3 is 0 Å². The van der Waals surface area contributed by atoms with E-state index < -0.39 is 0 Å². The second-order valence-corrected chi connectivity index (χ2v) is 6.51. The Balaban J connectivity index is 1.68. The van der Waals surface area contributed by atoms with Crippen molar-refractivity contribution in [2.24, 2.45) is 17.6 Å². The van der Waals surface area contributed by atoms with Gasteiger partial charge in [-0.1, -0.05) is 19.9 Å². The smallest absolute Gasteiger partial charge is 0.120 e. The van der Waals surface area contributed by atoms with Crippen LogP contribution in [0.3, 0.4) is 0 Å². The summed E-state index contributed by atoms with van der Waals surface area (Å²) < 4.78 is 6.19. The minimum absolute atomic E-state index is 0.236. The Hall–Kier alpha value is -1.02. The Morgan fingerprint density at radius 3 is 2.74 bits per heavy atom. The maximum Gasteiger partial charge on any atom is 0.120 e. The molecule has 19 heavy (non-hydrogen) atoms. The fourth-order valence-corrected chi connectivity index (χ4v) is 3.50. The quantitative estimate of drug-likeness (QED) is 0.876. The van der Waals surface area contributed by atoms with Gasteiger partial charge in [-0.05, 0) is 67.2 Å². The minimum Gasteiger partial charge on any atom is -0.490 e. The molecule has 2 heteroatoms. The second-order valence-electron chi connectivity index (χ2n) is 6.51. The molecule has 0 heterocycles. The molecule has 0 aromatic heterocycles. The molecule has 2 nitrogen and oxygen atoms in total. The zero-order valence-electron chi connectivity index (χ0n) is 12.1. The minimum atomic E-state index is 0.236. The van der Waals surface area contributed by atoms with Crippen LogP contribution in [0.4, 0.5) is 0 Å². The van der Waals surface area contributed by atoms with Crippen LogP contribution < -0.4 is 10.5 Å². The first kappa shape index (κ1) is 13.0. The van der Waals surface area contributed by atoms with Crippen molar-refractivity contribution >= 4 is 0 Å². The molecule has 2 aliphatic rings. The van der Waals surface area contributed by atoms with E-state index >= 15 is 0 Å². The fourth-order valence-electron chi connectivity index (χ4n) is 3.50. The highest BCUT2D eigenvalue weighted by molar-refractivity contribution is 5.40. The third-order valence-corrected chi connectivity index (χ3v) is 5.09. The van der Waals surface area contributed by atoms with Gasteiger partial charge in [0.05, 0.1) is 6.10 Å². The van der Waals surface area contributed by atoms with Gasteiger partial charge in [0.1, 0.15) is 5.75 Å². The van der Waals surface area contributed by atoms with E-state index in [0.29, 0.717) is 6.10 Å². The van der Waals surface area contributed by atoms with Gasteiger partial charge < -0.3 is 10.5 Å². The molecule has 0 spiro atoms. The highest BCUT2D eigenvalue weighted by Gasteiger charge is 2.26. The molecule has 3 unspecified atom stereocenters. The molecular formula is C17H25NO. The molecule has 4 atom stereocenters. The molecule has 1 saturated carbocycles. The van der Waals surface area contributed by atoms with E-state index in [4.69, 9.17) is 10.5 Å². The standard InChI is InChI=1S/C17H25NO/c1-11-3-5-14(9-12(11)2)19-15-6-7-16-13(10-15)4-8-17(16)18/h6-7,10-12,14,17H,3-5,8-9,18H2,1-2H3/t11?,12?,14?,17-/m0/s1. The average Bonchev–Trinajstić information content (AvgIpc) is 2.75. The monoisotopic (exact) mass is 259 g/mol. The maximum absolute atomic E-state index is 6.19. The summed E-state index contributed by atoms with van der Waals surface area (Å²) in [5.74, 6) is 2.67. The molecule has 0 radical (unpaired) electrons. The van der Waals surface area contributed by atoms with Gasteiger partial charge in [-0.3, -0.25) is 0 Å².